The highest BCUT2D eigenvalue weighted by Crippen LogP contribution is 2.26. The van der Waals surface area contributed by atoms with E-state index in [1.165, 1.54) is 16.1 Å². The van der Waals surface area contributed by atoms with E-state index in [1.54, 1.807) is 4.90 Å². The summed E-state index contributed by atoms with van der Waals surface area (Å²) in [5.41, 5.74) is 2.45. The minimum Gasteiger partial charge on any atom is -0.362 e. The number of sulfonamides is 1. The van der Waals surface area contributed by atoms with E-state index in [1.807, 2.05) is 12.1 Å². The second-order valence-electron chi connectivity index (χ2n) is 6.20. The topological polar surface area (TPSA) is 60.9 Å². The number of amides is 1. The molecule has 2 aliphatic heterocycles. The van der Waals surface area contributed by atoms with Gasteiger partial charge in [0.1, 0.15) is 0 Å². The summed E-state index contributed by atoms with van der Waals surface area (Å²) >= 11 is 0. The van der Waals surface area contributed by atoms with Crippen molar-refractivity contribution in [3.63, 3.8) is 0 Å². The monoisotopic (exact) mass is 337 g/mol. The number of carbonyl (C=O) groups excluding carboxylic acids is 1. The van der Waals surface area contributed by atoms with Crippen molar-refractivity contribution in [1.82, 2.24) is 9.21 Å². The fraction of sp³-hybridized carbons (Fsp3) is 0.562. The number of anilines is 1. The molecule has 1 saturated heterocycles. The van der Waals surface area contributed by atoms with Gasteiger partial charge in [-0.1, -0.05) is 18.2 Å². The van der Waals surface area contributed by atoms with Crippen molar-refractivity contribution in [3.05, 3.63) is 29.8 Å². The van der Waals surface area contributed by atoms with Gasteiger partial charge in [-0.3, -0.25) is 4.79 Å². The standard InChI is InChI=1S/C16H23N3O3S/c1-23(21,22)19-11-9-17(10-12-19)16(20)13-18-8-4-6-14-5-2-3-7-15(14)18/h2-3,5,7H,4,6,8-13H2,1H3. The first-order valence-electron chi connectivity index (χ1n) is 8.01. The molecule has 6 nitrogen and oxygen atoms in total. The molecule has 0 atom stereocenters. The number of fused-ring (bicyclic) bond motifs is 1. The number of nitrogens with zero attached hydrogens (tertiary/aromatic N) is 3. The van der Waals surface area contributed by atoms with Crippen LogP contribution in [0.25, 0.3) is 0 Å². The van der Waals surface area contributed by atoms with E-state index < -0.39 is 10.0 Å². The van der Waals surface area contributed by atoms with Crippen molar-refractivity contribution < 1.29 is 13.2 Å². The maximum atomic E-state index is 12.5. The van der Waals surface area contributed by atoms with Crippen LogP contribution >= 0.6 is 0 Å². The van der Waals surface area contributed by atoms with Gasteiger partial charge < -0.3 is 9.80 Å². The predicted molar refractivity (Wildman–Crippen MR) is 90.0 cm³/mol. The van der Waals surface area contributed by atoms with Crippen molar-refractivity contribution in [2.45, 2.75) is 12.8 Å². The molecule has 23 heavy (non-hydrogen) atoms. The van der Waals surface area contributed by atoms with Crippen molar-refractivity contribution >= 4 is 21.6 Å². The molecule has 7 heteroatoms. The van der Waals surface area contributed by atoms with E-state index >= 15 is 0 Å². The maximum Gasteiger partial charge on any atom is 0.242 e. The zero-order valence-electron chi connectivity index (χ0n) is 13.4. The summed E-state index contributed by atoms with van der Waals surface area (Å²) in [5.74, 6) is 0.0786. The third-order valence-electron chi connectivity index (χ3n) is 4.59. The average molecular weight is 337 g/mol. The fourth-order valence-corrected chi connectivity index (χ4v) is 4.13. The molecule has 0 unspecified atom stereocenters. The Hall–Kier alpha value is -1.60. The second-order valence-corrected chi connectivity index (χ2v) is 8.18. The van der Waals surface area contributed by atoms with E-state index in [4.69, 9.17) is 0 Å². The predicted octanol–water partition coefficient (Wildman–Crippen LogP) is 0.543. The zero-order valence-corrected chi connectivity index (χ0v) is 14.3. The average Bonchev–Trinajstić information content (AvgIpc) is 2.54. The van der Waals surface area contributed by atoms with Crippen LogP contribution in [0.5, 0.6) is 0 Å². The van der Waals surface area contributed by atoms with Crippen molar-refractivity contribution in [1.29, 1.82) is 0 Å². The first kappa shape index (κ1) is 16.3. The van der Waals surface area contributed by atoms with Crippen LogP contribution in [0.2, 0.25) is 0 Å². The summed E-state index contributed by atoms with van der Waals surface area (Å²) in [6.07, 6.45) is 3.34. The lowest BCUT2D eigenvalue weighted by atomic mass is 10.0. The third kappa shape index (κ3) is 3.67. The Morgan fingerprint density at radius 1 is 1.09 bits per heavy atom. The number of piperazine rings is 1. The van der Waals surface area contributed by atoms with Crippen LogP contribution in [0.15, 0.2) is 24.3 Å². The third-order valence-corrected chi connectivity index (χ3v) is 5.90. The quantitative estimate of drug-likeness (QED) is 0.808. The Bertz CT molecular complexity index is 682. The van der Waals surface area contributed by atoms with Gasteiger partial charge in [0.05, 0.1) is 12.8 Å². The van der Waals surface area contributed by atoms with Gasteiger partial charge in [0, 0.05) is 38.4 Å². The second kappa shape index (κ2) is 6.49. The smallest absolute Gasteiger partial charge is 0.242 e. The molecule has 0 N–H and O–H groups in total. The highest BCUT2D eigenvalue weighted by Gasteiger charge is 2.27. The van der Waals surface area contributed by atoms with E-state index in [0.717, 1.165) is 25.1 Å². The molecule has 126 valence electrons. The Balaban J connectivity index is 1.61. The van der Waals surface area contributed by atoms with Gasteiger partial charge in [0.25, 0.3) is 0 Å². The van der Waals surface area contributed by atoms with Crippen LogP contribution in [0.3, 0.4) is 0 Å². The minimum absolute atomic E-state index is 0.0786. The first-order valence-corrected chi connectivity index (χ1v) is 9.86. The van der Waals surface area contributed by atoms with Crippen molar-refractivity contribution in [3.8, 4) is 0 Å². The summed E-state index contributed by atoms with van der Waals surface area (Å²) in [5, 5.41) is 0. The molecule has 1 amide bonds. The Labute approximate surface area is 137 Å². The van der Waals surface area contributed by atoms with E-state index in [0.29, 0.717) is 32.7 Å². The molecule has 0 aromatic heterocycles. The molecule has 2 heterocycles. The Morgan fingerprint density at radius 2 is 1.78 bits per heavy atom. The highest BCUT2D eigenvalue weighted by atomic mass is 32.2. The van der Waals surface area contributed by atoms with Gasteiger partial charge >= 0.3 is 0 Å². The van der Waals surface area contributed by atoms with Crippen molar-refractivity contribution in [2.24, 2.45) is 0 Å². The van der Waals surface area contributed by atoms with E-state index in [9.17, 15) is 13.2 Å². The summed E-state index contributed by atoms with van der Waals surface area (Å²) in [6, 6.07) is 8.24. The Kier molecular flexibility index (Phi) is 4.59. The van der Waals surface area contributed by atoms with Crippen LogP contribution in [0, 0.1) is 0 Å². The fourth-order valence-electron chi connectivity index (χ4n) is 3.31. The van der Waals surface area contributed by atoms with Crippen LogP contribution in [0.1, 0.15) is 12.0 Å². The summed E-state index contributed by atoms with van der Waals surface area (Å²) in [6.45, 7) is 2.99. The molecule has 0 saturated carbocycles. The highest BCUT2D eigenvalue weighted by molar-refractivity contribution is 7.88. The molecular formula is C16H23N3O3S. The van der Waals surface area contributed by atoms with Gasteiger partial charge in [-0.2, -0.15) is 4.31 Å². The molecule has 0 radical (unpaired) electrons. The van der Waals surface area contributed by atoms with E-state index in [-0.39, 0.29) is 5.91 Å². The molecular weight excluding hydrogens is 314 g/mol. The molecule has 3 rings (SSSR count). The maximum absolute atomic E-state index is 12.5. The first-order chi connectivity index (χ1) is 10.9. The normalized spacial score (nSPS) is 19.5. The lowest BCUT2D eigenvalue weighted by molar-refractivity contribution is -0.130. The van der Waals surface area contributed by atoms with Crippen molar-refractivity contribution in [2.75, 3.05) is 50.4 Å². The molecule has 1 aromatic rings. The molecule has 0 spiro atoms. The van der Waals surface area contributed by atoms with Gasteiger partial charge in [-0.25, -0.2) is 8.42 Å². The largest absolute Gasteiger partial charge is 0.362 e. The number of rotatable bonds is 3. The molecule has 1 aromatic carbocycles. The van der Waals surface area contributed by atoms with E-state index in [2.05, 4.69) is 17.0 Å². The number of carbonyl (C=O) groups is 1. The summed E-state index contributed by atoms with van der Waals surface area (Å²) in [4.78, 5) is 16.5. The van der Waals surface area contributed by atoms with Crippen LogP contribution in [-0.2, 0) is 21.2 Å². The zero-order chi connectivity index (χ0) is 16.4. The lowest BCUT2D eigenvalue weighted by Gasteiger charge is -2.36. The van der Waals surface area contributed by atoms with Gasteiger partial charge in [-0.05, 0) is 24.5 Å². The molecule has 0 aliphatic carbocycles. The number of hydrogen-bond donors (Lipinski definition) is 0. The Morgan fingerprint density at radius 3 is 2.48 bits per heavy atom. The van der Waals surface area contributed by atoms with Gasteiger partial charge in [0.15, 0.2) is 0 Å². The molecule has 2 aliphatic rings. The van der Waals surface area contributed by atoms with Gasteiger partial charge in [-0.15, -0.1) is 0 Å². The number of aryl methyl sites for hydroxylation is 1. The van der Waals surface area contributed by atoms with Crippen LogP contribution < -0.4 is 4.90 Å². The summed E-state index contributed by atoms with van der Waals surface area (Å²) < 4.78 is 24.5. The van der Waals surface area contributed by atoms with Crippen LogP contribution in [0.4, 0.5) is 5.69 Å². The summed E-state index contributed by atoms with van der Waals surface area (Å²) in [7, 11) is -3.16. The van der Waals surface area contributed by atoms with Crippen LogP contribution in [-0.4, -0.2) is 69.1 Å². The minimum atomic E-state index is -3.16. The number of benzene rings is 1. The number of hydrogen-bond acceptors (Lipinski definition) is 4. The number of para-hydroxylation sites is 1. The molecule has 0 bridgehead atoms. The lowest BCUT2D eigenvalue weighted by Crippen LogP contribution is -2.52. The SMILES string of the molecule is CS(=O)(=O)N1CCN(C(=O)CN2CCCc3ccccc32)CC1. The molecule has 1 fully saturated rings. The van der Waals surface area contributed by atoms with Gasteiger partial charge in [0.2, 0.25) is 15.9 Å².